The fourth-order valence-corrected chi connectivity index (χ4v) is 3.13. The topological polar surface area (TPSA) is 55.6 Å². The van der Waals surface area contributed by atoms with E-state index in [0.29, 0.717) is 5.92 Å². The van der Waals surface area contributed by atoms with Gasteiger partial charge in [0.25, 0.3) is 0 Å². The first kappa shape index (κ1) is 14.2. The summed E-state index contributed by atoms with van der Waals surface area (Å²) < 4.78 is 2.05. The molecule has 0 bridgehead atoms. The molecule has 4 rings (SSSR count). The molecule has 23 heavy (non-hydrogen) atoms. The largest absolute Gasteiger partial charge is 0.324 e. The minimum atomic E-state index is 0.663. The zero-order valence-electron chi connectivity index (χ0n) is 13.6. The second-order valence-corrected chi connectivity index (χ2v) is 6.23. The number of nitrogens with one attached hydrogen (secondary N) is 1. The second-order valence-electron chi connectivity index (χ2n) is 6.23. The minimum absolute atomic E-state index is 0.663. The normalized spacial score (nSPS) is 14.9. The van der Waals surface area contributed by atoms with Crippen molar-refractivity contribution in [2.24, 2.45) is 7.05 Å². The highest BCUT2D eigenvalue weighted by Crippen LogP contribution is 2.36. The molecule has 0 saturated heterocycles. The van der Waals surface area contributed by atoms with Crippen LogP contribution in [0.4, 0.5) is 11.6 Å². The maximum absolute atomic E-state index is 4.68. The number of nitrogens with zero attached hydrogens (tertiary/aromatic N) is 4. The number of pyridine rings is 2. The molecule has 1 aliphatic rings. The van der Waals surface area contributed by atoms with Gasteiger partial charge >= 0.3 is 0 Å². The lowest BCUT2D eigenvalue weighted by Gasteiger charge is -2.25. The molecular weight excluding hydrogens is 286 g/mol. The van der Waals surface area contributed by atoms with Crippen LogP contribution in [0, 0.1) is 0 Å². The van der Waals surface area contributed by atoms with Crippen LogP contribution in [-0.2, 0) is 13.5 Å². The molecule has 0 aromatic carbocycles. The summed E-state index contributed by atoms with van der Waals surface area (Å²) in [6.45, 7) is 2.18. The van der Waals surface area contributed by atoms with Crippen molar-refractivity contribution >= 4 is 22.7 Å². The summed E-state index contributed by atoms with van der Waals surface area (Å²) in [5.74, 6) is 1.48. The van der Waals surface area contributed by atoms with Gasteiger partial charge < -0.3 is 9.88 Å². The van der Waals surface area contributed by atoms with Crippen LogP contribution in [0.5, 0.6) is 0 Å². The summed E-state index contributed by atoms with van der Waals surface area (Å²) in [6.07, 6.45) is 10.4. The number of aryl methyl sites for hydroxylation is 2. The highest BCUT2D eigenvalue weighted by Gasteiger charge is 2.21. The summed E-state index contributed by atoms with van der Waals surface area (Å²) in [7, 11) is 2.01. The Morgan fingerprint density at radius 1 is 1.30 bits per heavy atom. The van der Waals surface area contributed by atoms with Gasteiger partial charge in [0.2, 0.25) is 5.95 Å². The van der Waals surface area contributed by atoms with Crippen molar-refractivity contribution in [1.29, 1.82) is 0 Å². The predicted molar refractivity (Wildman–Crippen MR) is 92.0 cm³/mol. The molecule has 0 amide bonds. The summed E-state index contributed by atoms with van der Waals surface area (Å²) >= 11 is 0. The summed E-state index contributed by atoms with van der Waals surface area (Å²) in [5.41, 5.74) is 5.55. The molecule has 0 radical (unpaired) electrons. The lowest BCUT2D eigenvalue weighted by Crippen LogP contribution is -2.12. The molecule has 3 aromatic rings. The van der Waals surface area contributed by atoms with E-state index in [1.54, 1.807) is 12.4 Å². The third-order valence-corrected chi connectivity index (χ3v) is 4.84. The molecule has 3 aromatic heterocycles. The summed E-state index contributed by atoms with van der Waals surface area (Å²) in [6, 6.07) is 4.24. The Morgan fingerprint density at radius 2 is 2.17 bits per heavy atom. The first-order valence-electron chi connectivity index (χ1n) is 8.28. The van der Waals surface area contributed by atoms with Gasteiger partial charge in [0.15, 0.2) is 0 Å². The van der Waals surface area contributed by atoms with E-state index in [1.165, 1.54) is 30.5 Å². The van der Waals surface area contributed by atoms with Crippen LogP contribution in [0.2, 0.25) is 0 Å². The first-order valence-corrected chi connectivity index (χ1v) is 8.28. The van der Waals surface area contributed by atoms with E-state index in [4.69, 9.17) is 0 Å². The van der Waals surface area contributed by atoms with Crippen molar-refractivity contribution in [1.82, 2.24) is 19.5 Å². The van der Waals surface area contributed by atoms with Crippen molar-refractivity contribution in [3.05, 3.63) is 42.0 Å². The fourth-order valence-electron chi connectivity index (χ4n) is 3.13. The van der Waals surface area contributed by atoms with Gasteiger partial charge in [-0.2, -0.15) is 0 Å². The molecule has 0 atom stereocenters. The monoisotopic (exact) mass is 307 g/mol. The third-order valence-electron chi connectivity index (χ3n) is 4.84. The van der Waals surface area contributed by atoms with E-state index in [0.717, 1.165) is 29.1 Å². The van der Waals surface area contributed by atoms with Crippen LogP contribution < -0.4 is 5.32 Å². The van der Waals surface area contributed by atoms with E-state index >= 15 is 0 Å². The molecule has 5 heteroatoms. The Balaban J connectivity index is 1.68. The second kappa shape index (κ2) is 5.65. The quantitative estimate of drug-likeness (QED) is 0.793. The van der Waals surface area contributed by atoms with Crippen molar-refractivity contribution in [3.8, 4) is 0 Å². The van der Waals surface area contributed by atoms with Crippen molar-refractivity contribution in [2.75, 3.05) is 5.32 Å². The van der Waals surface area contributed by atoms with Crippen LogP contribution in [-0.4, -0.2) is 19.5 Å². The molecule has 0 spiro atoms. The molecule has 118 valence electrons. The predicted octanol–water partition coefficient (Wildman–Crippen LogP) is 3.94. The molecule has 1 N–H and O–H groups in total. The number of hydrogen-bond donors (Lipinski definition) is 1. The molecule has 1 aliphatic carbocycles. The molecule has 1 saturated carbocycles. The maximum atomic E-state index is 4.68. The zero-order valence-corrected chi connectivity index (χ0v) is 13.6. The molecule has 0 aliphatic heterocycles. The fraction of sp³-hybridized carbons (Fsp3) is 0.389. The molecule has 3 heterocycles. The standard InChI is InChI=1S/C18H21N5/c1-3-12-9-14(13-5-4-6-13)20-11-15(12)21-18-22-16-10-19-8-7-17(16)23(18)2/h7-11,13H,3-6H2,1-2H3,(H,21,22). The van der Waals surface area contributed by atoms with Gasteiger partial charge in [0, 0.05) is 24.9 Å². The number of hydrogen-bond acceptors (Lipinski definition) is 4. The summed E-state index contributed by atoms with van der Waals surface area (Å²) in [4.78, 5) is 13.4. The van der Waals surface area contributed by atoms with Crippen LogP contribution in [0.15, 0.2) is 30.7 Å². The van der Waals surface area contributed by atoms with Gasteiger partial charge in [-0.1, -0.05) is 13.3 Å². The number of imidazole rings is 1. The van der Waals surface area contributed by atoms with Crippen molar-refractivity contribution < 1.29 is 0 Å². The van der Waals surface area contributed by atoms with Gasteiger partial charge in [-0.3, -0.25) is 9.97 Å². The SMILES string of the molecule is CCc1cc(C2CCC2)ncc1Nc1nc2cnccc2n1C. The van der Waals surface area contributed by atoms with E-state index < -0.39 is 0 Å². The first-order chi connectivity index (χ1) is 11.3. The Kier molecular flexibility index (Phi) is 3.48. The van der Waals surface area contributed by atoms with Gasteiger partial charge in [0.1, 0.15) is 5.52 Å². The molecule has 5 nitrogen and oxygen atoms in total. The number of rotatable bonds is 4. The van der Waals surface area contributed by atoms with Crippen molar-refractivity contribution in [2.45, 2.75) is 38.5 Å². The zero-order chi connectivity index (χ0) is 15.8. The van der Waals surface area contributed by atoms with E-state index in [9.17, 15) is 0 Å². The Labute approximate surface area is 135 Å². The highest BCUT2D eigenvalue weighted by atomic mass is 15.2. The number of aromatic nitrogens is 4. The Morgan fingerprint density at radius 3 is 2.87 bits per heavy atom. The number of anilines is 2. The smallest absolute Gasteiger partial charge is 0.208 e. The lowest BCUT2D eigenvalue weighted by molar-refractivity contribution is 0.411. The average Bonchev–Trinajstić information content (AvgIpc) is 2.84. The van der Waals surface area contributed by atoms with Crippen LogP contribution in [0.1, 0.15) is 43.4 Å². The van der Waals surface area contributed by atoms with Gasteiger partial charge in [-0.25, -0.2) is 4.98 Å². The van der Waals surface area contributed by atoms with Crippen molar-refractivity contribution in [3.63, 3.8) is 0 Å². The summed E-state index contributed by atoms with van der Waals surface area (Å²) in [5, 5.41) is 3.44. The van der Waals surface area contributed by atoms with Crippen LogP contribution in [0.3, 0.4) is 0 Å². The highest BCUT2D eigenvalue weighted by molar-refractivity contribution is 5.78. The van der Waals surface area contributed by atoms with Gasteiger partial charge in [0.05, 0.1) is 23.6 Å². The Hall–Kier alpha value is -2.43. The molecule has 1 fully saturated rings. The Bertz CT molecular complexity index is 848. The van der Waals surface area contributed by atoms with E-state index in [2.05, 4.69) is 37.8 Å². The minimum Gasteiger partial charge on any atom is -0.324 e. The average molecular weight is 307 g/mol. The van der Waals surface area contributed by atoms with E-state index in [1.807, 2.05) is 19.3 Å². The van der Waals surface area contributed by atoms with Crippen LogP contribution >= 0.6 is 0 Å². The molecule has 0 unspecified atom stereocenters. The van der Waals surface area contributed by atoms with Gasteiger partial charge in [-0.15, -0.1) is 0 Å². The van der Waals surface area contributed by atoms with E-state index in [-0.39, 0.29) is 0 Å². The van der Waals surface area contributed by atoms with Crippen LogP contribution in [0.25, 0.3) is 11.0 Å². The lowest BCUT2D eigenvalue weighted by atomic mass is 9.82. The maximum Gasteiger partial charge on any atom is 0.208 e. The van der Waals surface area contributed by atoms with Gasteiger partial charge in [-0.05, 0) is 37.0 Å². The molecular formula is C18H21N5. The third kappa shape index (κ3) is 2.46. The number of fused-ring (bicyclic) bond motifs is 1.